The highest BCUT2D eigenvalue weighted by Gasteiger charge is 2.22. The van der Waals surface area contributed by atoms with Crippen LogP contribution in [0, 0.1) is 5.92 Å². The third-order valence-corrected chi connectivity index (χ3v) is 3.88. The maximum Gasteiger partial charge on any atom is 0.179 e. The second-order valence-corrected chi connectivity index (χ2v) is 5.35. The van der Waals surface area contributed by atoms with Crippen LogP contribution < -0.4 is 15.2 Å². The van der Waals surface area contributed by atoms with Gasteiger partial charge in [0.1, 0.15) is 0 Å². The first-order valence-electron chi connectivity index (χ1n) is 6.50. The maximum atomic E-state index is 6.21. The van der Waals surface area contributed by atoms with Crippen molar-refractivity contribution in [2.24, 2.45) is 11.7 Å². The number of benzene rings is 1. The number of hydrogen-bond acceptors (Lipinski definition) is 4. The summed E-state index contributed by atoms with van der Waals surface area (Å²) in [7, 11) is 3.22. The van der Waals surface area contributed by atoms with Crippen LogP contribution in [0.1, 0.15) is 12.0 Å². The van der Waals surface area contributed by atoms with Crippen molar-refractivity contribution in [3.8, 4) is 11.5 Å². The standard InChI is InChI=1S/C14H21ClN2O2/c1-18-13-6-11(5-12(15)14(13)19-2)9-17-4-3-10(7-16)8-17/h5-6,10H,3-4,7-9,16H2,1-2H3/t10-/m0/s1. The Labute approximate surface area is 119 Å². The predicted octanol–water partition coefficient (Wildman–Crippen LogP) is 2.14. The summed E-state index contributed by atoms with van der Waals surface area (Å²) < 4.78 is 10.6. The molecule has 1 saturated heterocycles. The molecule has 0 unspecified atom stereocenters. The molecule has 0 aromatic heterocycles. The first kappa shape index (κ1) is 14.4. The van der Waals surface area contributed by atoms with Crippen LogP contribution in [0.25, 0.3) is 0 Å². The van der Waals surface area contributed by atoms with Gasteiger partial charge in [0.25, 0.3) is 0 Å². The van der Waals surface area contributed by atoms with E-state index in [4.69, 9.17) is 26.8 Å². The molecule has 0 spiro atoms. The summed E-state index contributed by atoms with van der Waals surface area (Å²) in [4.78, 5) is 2.40. The Kier molecular flexibility index (Phi) is 4.91. The van der Waals surface area contributed by atoms with Crippen molar-refractivity contribution in [2.45, 2.75) is 13.0 Å². The maximum absolute atomic E-state index is 6.21. The summed E-state index contributed by atoms with van der Waals surface area (Å²) in [6, 6.07) is 3.93. The molecule has 1 fully saturated rings. The van der Waals surface area contributed by atoms with E-state index in [1.54, 1.807) is 14.2 Å². The largest absolute Gasteiger partial charge is 0.493 e. The van der Waals surface area contributed by atoms with E-state index in [-0.39, 0.29) is 0 Å². The number of ether oxygens (including phenoxy) is 2. The van der Waals surface area contributed by atoms with Gasteiger partial charge in [-0.15, -0.1) is 0 Å². The van der Waals surface area contributed by atoms with E-state index in [1.807, 2.05) is 12.1 Å². The molecular formula is C14H21ClN2O2. The summed E-state index contributed by atoms with van der Waals surface area (Å²) >= 11 is 6.21. The van der Waals surface area contributed by atoms with Gasteiger partial charge in [-0.2, -0.15) is 0 Å². The van der Waals surface area contributed by atoms with Crippen LogP contribution in [0.3, 0.4) is 0 Å². The van der Waals surface area contributed by atoms with Gasteiger partial charge in [-0.25, -0.2) is 0 Å². The van der Waals surface area contributed by atoms with Gasteiger partial charge in [-0.1, -0.05) is 11.6 Å². The van der Waals surface area contributed by atoms with Crippen LogP contribution in [0.4, 0.5) is 0 Å². The minimum absolute atomic E-state index is 0.589. The zero-order valence-electron chi connectivity index (χ0n) is 11.5. The topological polar surface area (TPSA) is 47.7 Å². The molecule has 1 aliphatic rings. The van der Waals surface area contributed by atoms with Gasteiger partial charge in [0.05, 0.1) is 19.2 Å². The van der Waals surface area contributed by atoms with Crippen LogP contribution in [-0.2, 0) is 6.54 Å². The fourth-order valence-corrected chi connectivity index (χ4v) is 2.88. The Bertz CT molecular complexity index is 440. The van der Waals surface area contributed by atoms with Crippen molar-refractivity contribution < 1.29 is 9.47 Å². The highest BCUT2D eigenvalue weighted by Crippen LogP contribution is 2.36. The summed E-state index contributed by atoms with van der Waals surface area (Å²) in [5, 5.41) is 0.589. The van der Waals surface area contributed by atoms with Crippen LogP contribution in [0.2, 0.25) is 5.02 Å². The van der Waals surface area contributed by atoms with E-state index in [2.05, 4.69) is 4.90 Å². The van der Waals surface area contributed by atoms with E-state index >= 15 is 0 Å². The second kappa shape index (κ2) is 6.46. The van der Waals surface area contributed by atoms with Gasteiger partial charge in [-0.3, -0.25) is 4.90 Å². The summed E-state index contributed by atoms with van der Waals surface area (Å²) in [6.45, 7) is 3.79. The van der Waals surface area contributed by atoms with E-state index in [1.165, 1.54) is 6.42 Å². The molecule has 0 amide bonds. The fraction of sp³-hybridized carbons (Fsp3) is 0.571. The quantitative estimate of drug-likeness (QED) is 0.900. The smallest absolute Gasteiger partial charge is 0.179 e. The van der Waals surface area contributed by atoms with Crippen LogP contribution in [0.5, 0.6) is 11.5 Å². The Morgan fingerprint density at radius 2 is 2.16 bits per heavy atom. The molecule has 1 atom stereocenters. The normalized spacial score (nSPS) is 19.7. The zero-order valence-corrected chi connectivity index (χ0v) is 12.2. The number of halogens is 1. The van der Waals surface area contributed by atoms with Crippen molar-refractivity contribution in [3.05, 3.63) is 22.7 Å². The second-order valence-electron chi connectivity index (χ2n) is 4.94. The first-order chi connectivity index (χ1) is 9.17. The number of hydrogen-bond donors (Lipinski definition) is 1. The average molecular weight is 285 g/mol. The lowest BCUT2D eigenvalue weighted by Gasteiger charge is -2.17. The molecular weight excluding hydrogens is 264 g/mol. The summed E-state index contributed by atoms with van der Waals surface area (Å²) in [5.74, 6) is 1.89. The van der Waals surface area contributed by atoms with Crippen LogP contribution in [-0.4, -0.2) is 38.8 Å². The molecule has 1 aliphatic heterocycles. The minimum atomic E-state index is 0.589. The van der Waals surface area contributed by atoms with E-state index in [0.717, 1.165) is 31.7 Å². The van der Waals surface area contributed by atoms with E-state index in [0.29, 0.717) is 22.4 Å². The van der Waals surface area contributed by atoms with Crippen LogP contribution >= 0.6 is 11.6 Å². The SMILES string of the molecule is COc1cc(CN2CC[C@@H](CN)C2)cc(Cl)c1OC. The number of likely N-dealkylation sites (tertiary alicyclic amines) is 1. The number of nitrogens with two attached hydrogens (primary N) is 1. The Balaban J connectivity index is 2.11. The average Bonchev–Trinajstić information content (AvgIpc) is 2.85. The Morgan fingerprint density at radius 1 is 1.37 bits per heavy atom. The molecule has 106 valence electrons. The molecule has 0 aliphatic carbocycles. The predicted molar refractivity (Wildman–Crippen MR) is 77.0 cm³/mol. The molecule has 1 aromatic carbocycles. The highest BCUT2D eigenvalue weighted by molar-refractivity contribution is 6.32. The number of nitrogens with zero attached hydrogens (tertiary/aromatic N) is 1. The number of rotatable bonds is 5. The monoisotopic (exact) mass is 284 g/mol. The highest BCUT2D eigenvalue weighted by atomic mass is 35.5. The molecule has 19 heavy (non-hydrogen) atoms. The molecule has 1 aromatic rings. The lowest BCUT2D eigenvalue weighted by Crippen LogP contribution is -2.22. The van der Waals surface area contributed by atoms with Gasteiger partial charge in [0.2, 0.25) is 0 Å². The molecule has 2 rings (SSSR count). The summed E-state index contributed by atoms with van der Waals surface area (Å²) in [5.41, 5.74) is 6.85. The molecule has 0 radical (unpaired) electrons. The van der Waals surface area contributed by atoms with Crippen molar-refractivity contribution in [1.82, 2.24) is 4.90 Å². The summed E-state index contributed by atoms with van der Waals surface area (Å²) in [6.07, 6.45) is 1.18. The lowest BCUT2D eigenvalue weighted by molar-refractivity contribution is 0.315. The minimum Gasteiger partial charge on any atom is -0.493 e. The van der Waals surface area contributed by atoms with E-state index < -0.39 is 0 Å². The lowest BCUT2D eigenvalue weighted by atomic mass is 10.1. The van der Waals surface area contributed by atoms with Crippen molar-refractivity contribution in [2.75, 3.05) is 33.9 Å². The van der Waals surface area contributed by atoms with Crippen molar-refractivity contribution in [1.29, 1.82) is 0 Å². The Hall–Kier alpha value is -0.970. The molecule has 4 nitrogen and oxygen atoms in total. The molecule has 2 N–H and O–H groups in total. The van der Waals surface area contributed by atoms with Gasteiger partial charge < -0.3 is 15.2 Å². The van der Waals surface area contributed by atoms with Gasteiger partial charge >= 0.3 is 0 Å². The number of methoxy groups -OCH3 is 2. The molecule has 5 heteroatoms. The van der Waals surface area contributed by atoms with Gasteiger partial charge in [-0.05, 0) is 43.1 Å². The van der Waals surface area contributed by atoms with Crippen LogP contribution in [0.15, 0.2) is 12.1 Å². The first-order valence-corrected chi connectivity index (χ1v) is 6.88. The molecule has 0 bridgehead atoms. The fourth-order valence-electron chi connectivity index (χ4n) is 2.57. The van der Waals surface area contributed by atoms with Crippen molar-refractivity contribution in [3.63, 3.8) is 0 Å². The van der Waals surface area contributed by atoms with Crippen molar-refractivity contribution >= 4 is 11.6 Å². The van der Waals surface area contributed by atoms with E-state index in [9.17, 15) is 0 Å². The third kappa shape index (κ3) is 3.32. The Morgan fingerprint density at radius 3 is 2.74 bits per heavy atom. The zero-order chi connectivity index (χ0) is 13.8. The molecule has 0 saturated carbocycles. The van der Waals surface area contributed by atoms with Gasteiger partial charge in [0, 0.05) is 13.1 Å². The third-order valence-electron chi connectivity index (χ3n) is 3.60. The van der Waals surface area contributed by atoms with Gasteiger partial charge in [0.15, 0.2) is 11.5 Å². The molecule has 1 heterocycles.